The largest absolute Gasteiger partial charge is 0.397 e. The van der Waals surface area contributed by atoms with Gasteiger partial charge in [0.2, 0.25) is 0 Å². The Morgan fingerprint density at radius 3 is 2.41 bits per heavy atom. The van der Waals surface area contributed by atoms with Crippen molar-refractivity contribution in [3.8, 4) is 0 Å². The summed E-state index contributed by atoms with van der Waals surface area (Å²) in [6.45, 7) is 10.8. The number of hydrogen-bond acceptors (Lipinski definition) is 3. The number of para-hydroxylation sites is 2. The van der Waals surface area contributed by atoms with Gasteiger partial charge in [0, 0.05) is 13.1 Å². The van der Waals surface area contributed by atoms with Crippen LogP contribution in [0.1, 0.15) is 27.7 Å². The molecule has 3 nitrogen and oxygen atoms in total. The van der Waals surface area contributed by atoms with Crippen LogP contribution < -0.4 is 10.6 Å². The first-order valence-corrected chi connectivity index (χ1v) is 6.17. The normalized spacial score (nSPS) is 11.5. The Kier molecular flexibility index (Phi) is 4.82. The minimum absolute atomic E-state index is 0.0817. The third-order valence-corrected chi connectivity index (χ3v) is 2.56. The summed E-state index contributed by atoms with van der Waals surface area (Å²) in [7, 11) is 0. The summed E-state index contributed by atoms with van der Waals surface area (Å²) < 4.78 is 5.74. The third kappa shape index (κ3) is 4.65. The van der Waals surface area contributed by atoms with Crippen molar-refractivity contribution in [3.63, 3.8) is 0 Å². The number of rotatable bonds is 5. The van der Waals surface area contributed by atoms with Crippen molar-refractivity contribution in [1.82, 2.24) is 0 Å². The number of ether oxygens (including phenoxy) is 1. The van der Waals surface area contributed by atoms with Crippen molar-refractivity contribution < 1.29 is 4.74 Å². The number of anilines is 2. The van der Waals surface area contributed by atoms with Crippen molar-refractivity contribution in [1.29, 1.82) is 0 Å². The van der Waals surface area contributed by atoms with Gasteiger partial charge in [-0.2, -0.15) is 0 Å². The molecule has 0 saturated heterocycles. The fraction of sp³-hybridized carbons (Fsp3) is 0.571. The highest BCUT2D eigenvalue weighted by Gasteiger charge is 2.12. The minimum Gasteiger partial charge on any atom is -0.397 e. The molecule has 0 aromatic heterocycles. The van der Waals surface area contributed by atoms with E-state index in [2.05, 4.69) is 38.7 Å². The molecule has 0 heterocycles. The van der Waals surface area contributed by atoms with E-state index < -0.39 is 0 Å². The summed E-state index contributed by atoms with van der Waals surface area (Å²) in [6, 6.07) is 7.95. The van der Waals surface area contributed by atoms with Crippen LogP contribution in [0.4, 0.5) is 11.4 Å². The zero-order chi connectivity index (χ0) is 12.9. The lowest BCUT2D eigenvalue weighted by Crippen LogP contribution is -2.31. The Morgan fingerprint density at radius 2 is 1.88 bits per heavy atom. The van der Waals surface area contributed by atoms with E-state index in [4.69, 9.17) is 10.5 Å². The first-order chi connectivity index (χ1) is 7.94. The predicted octanol–water partition coefficient (Wildman–Crippen LogP) is 2.91. The molecule has 0 spiro atoms. The van der Waals surface area contributed by atoms with Crippen LogP contribution in [0, 0.1) is 0 Å². The third-order valence-electron chi connectivity index (χ3n) is 2.56. The van der Waals surface area contributed by atoms with E-state index in [1.807, 2.05) is 18.2 Å². The number of nitrogens with two attached hydrogens (primary N) is 1. The maximum atomic E-state index is 5.97. The van der Waals surface area contributed by atoms with Crippen LogP contribution in [0.3, 0.4) is 0 Å². The average molecular weight is 236 g/mol. The van der Waals surface area contributed by atoms with Gasteiger partial charge in [-0.15, -0.1) is 0 Å². The zero-order valence-corrected chi connectivity index (χ0v) is 11.4. The standard InChI is InChI=1S/C14H24N2O/c1-5-16(10-11-17-14(2,3)4)13-9-7-6-8-12(13)15/h6-9H,5,10-11,15H2,1-4H3. The number of nitrogen functional groups attached to an aromatic ring is 1. The molecular weight excluding hydrogens is 212 g/mol. The first-order valence-electron chi connectivity index (χ1n) is 6.17. The number of likely N-dealkylation sites (N-methyl/N-ethyl adjacent to an activating group) is 1. The molecule has 3 heteroatoms. The molecule has 2 N–H and O–H groups in total. The van der Waals surface area contributed by atoms with Crippen LogP contribution >= 0.6 is 0 Å². The molecule has 0 aliphatic rings. The minimum atomic E-state index is -0.0817. The van der Waals surface area contributed by atoms with Crippen molar-refractivity contribution in [2.75, 3.05) is 30.3 Å². The quantitative estimate of drug-likeness (QED) is 0.799. The fourth-order valence-corrected chi connectivity index (χ4v) is 1.69. The van der Waals surface area contributed by atoms with E-state index in [9.17, 15) is 0 Å². The fourth-order valence-electron chi connectivity index (χ4n) is 1.69. The van der Waals surface area contributed by atoms with Crippen LogP contribution in [-0.2, 0) is 4.74 Å². The molecule has 1 rings (SSSR count). The molecule has 0 amide bonds. The molecule has 0 fully saturated rings. The van der Waals surface area contributed by atoms with Gasteiger partial charge in [-0.05, 0) is 39.8 Å². The smallest absolute Gasteiger partial charge is 0.0648 e. The van der Waals surface area contributed by atoms with E-state index in [1.54, 1.807) is 0 Å². The lowest BCUT2D eigenvalue weighted by atomic mass is 10.2. The number of benzene rings is 1. The van der Waals surface area contributed by atoms with E-state index in [1.165, 1.54) is 0 Å². The van der Waals surface area contributed by atoms with Gasteiger partial charge in [0.25, 0.3) is 0 Å². The van der Waals surface area contributed by atoms with E-state index in [-0.39, 0.29) is 5.60 Å². The van der Waals surface area contributed by atoms with Crippen LogP contribution in [0.15, 0.2) is 24.3 Å². The predicted molar refractivity (Wildman–Crippen MR) is 74.4 cm³/mol. The molecule has 0 saturated carbocycles. The molecule has 0 unspecified atom stereocenters. The van der Waals surface area contributed by atoms with Crippen LogP contribution in [0.25, 0.3) is 0 Å². The molecule has 96 valence electrons. The second-order valence-corrected chi connectivity index (χ2v) is 5.10. The summed E-state index contributed by atoms with van der Waals surface area (Å²) in [6.07, 6.45) is 0. The average Bonchev–Trinajstić information content (AvgIpc) is 2.24. The summed E-state index contributed by atoms with van der Waals surface area (Å²) in [4.78, 5) is 2.24. The molecule has 0 atom stereocenters. The molecule has 0 bridgehead atoms. The maximum absolute atomic E-state index is 5.97. The second-order valence-electron chi connectivity index (χ2n) is 5.10. The highest BCUT2D eigenvalue weighted by atomic mass is 16.5. The Balaban J connectivity index is 2.58. The van der Waals surface area contributed by atoms with Gasteiger partial charge in [-0.3, -0.25) is 0 Å². The van der Waals surface area contributed by atoms with Gasteiger partial charge in [-0.25, -0.2) is 0 Å². The van der Waals surface area contributed by atoms with Crippen LogP contribution in [0.2, 0.25) is 0 Å². The van der Waals surface area contributed by atoms with Crippen molar-refractivity contribution in [2.24, 2.45) is 0 Å². The summed E-state index contributed by atoms with van der Waals surface area (Å²) >= 11 is 0. The van der Waals surface area contributed by atoms with E-state index in [0.717, 1.165) is 24.5 Å². The Hall–Kier alpha value is -1.22. The van der Waals surface area contributed by atoms with Crippen LogP contribution in [-0.4, -0.2) is 25.3 Å². The van der Waals surface area contributed by atoms with Gasteiger partial charge >= 0.3 is 0 Å². The Bertz CT molecular complexity index is 344. The van der Waals surface area contributed by atoms with Crippen molar-refractivity contribution in [2.45, 2.75) is 33.3 Å². The topological polar surface area (TPSA) is 38.5 Å². The molecule has 0 aliphatic heterocycles. The SMILES string of the molecule is CCN(CCOC(C)(C)C)c1ccccc1N. The van der Waals surface area contributed by atoms with E-state index >= 15 is 0 Å². The molecule has 17 heavy (non-hydrogen) atoms. The zero-order valence-electron chi connectivity index (χ0n) is 11.4. The first kappa shape index (κ1) is 13.8. The highest BCUT2D eigenvalue weighted by Crippen LogP contribution is 2.22. The highest BCUT2D eigenvalue weighted by molar-refractivity contribution is 5.67. The van der Waals surface area contributed by atoms with Gasteiger partial charge in [0.05, 0.1) is 23.6 Å². The molecule has 0 aliphatic carbocycles. The Labute approximate surface area is 105 Å². The van der Waals surface area contributed by atoms with Gasteiger partial charge in [0.15, 0.2) is 0 Å². The van der Waals surface area contributed by atoms with Gasteiger partial charge in [0.1, 0.15) is 0 Å². The molecule has 1 aromatic rings. The van der Waals surface area contributed by atoms with Gasteiger partial charge in [-0.1, -0.05) is 12.1 Å². The maximum Gasteiger partial charge on any atom is 0.0648 e. The van der Waals surface area contributed by atoms with Gasteiger partial charge < -0.3 is 15.4 Å². The summed E-state index contributed by atoms with van der Waals surface area (Å²) in [5, 5.41) is 0. The molecule has 1 aromatic carbocycles. The monoisotopic (exact) mass is 236 g/mol. The number of nitrogens with zero attached hydrogens (tertiary/aromatic N) is 1. The molecular formula is C14H24N2O. The lowest BCUT2D eigenvalue weighted by molar-refractivity contribution is 0.00143. The van der Waals surface area contributed by atoms with Crippen LogP contribution in [0.5, 0.6) is 0 Å². The summed E-state index contributed by atoms with van der Waals surface area (Å²) in [5.41, 5.74) is 7.80. The summed E-state index contributed by atoms with van der Waals surface area (Å²) in [5.74, 6) is 0. The Morgan fingerprint density at radius 1 is 1.24 bits per heavy atom. The van der Waals surface area contributed by atoms with Crippen molar-refractivity contribution >= 4 is 11.4 Å². The van der Waals surface area contributed by atoms with Crippen molar-refractivity contribution in [3.05, 3.63) is 24.3 Å². The van der Waals surface area contributed by atoms with E-state index in [0.29, 0.717) is 6.61 Å². The lowest BCUT2D eigenvalue weighted by Gasteiger charge is -2.27. The second kappa shape index (κ2) is 5.92. The number of hydrogen-bond donors (Lipinski definition) is 1. The molecule has 0 radical (unpaired) electrons.